The average Bonchev–Trinajstić information content (AvgIpc) is 2.79. The number of guanidine groups is 1. The highest BCUT2D eigenvalue weighted by Crippen LogP contribution is 2.30. The Morgan fingerprint density at radius 2 is 1.91 bits per heavy atom. The molecular formula is C26H32F3N5O. The monoisotopic (exact) mass is 487 g/mol. The van der Waals surface area contributed by atoms with Gasteiger partial charge in [-0.05, 0) is 61.7 Å². The van der Waals surface area contributed by atoms with E-state index in [0.29, 0.717) is 42.4 Å². The number of nitrogens with zero attached hydrogens (tertiary/aromatic N) is 2. The maximum Gasteiger partial charge on any atom is 0.416 e. The standard InChI is InChI=1S/C26H32F3N5O/c1-4-5-10-19(2)31-25(33-23-14-9-12-21(30)18-23)34(3)16-7-6-15-24(35)32-22-13-8-11-20(17-22)26(27,28)29/h5,8-14,17-18H,2,4,6-7,15-16,30H2,1,3H3,(H,31,33)(H,32,35)/b10-5-. The molecule has 0 fully saturated rings. The van der Waals surface area contributed by atoms with Crippen molar-refractivity contribution in [2.24, 2.45) is 4.99 Å². The number of nitrogens with one attached hydrogen (secondary N) is 2. The summed E-state index contributed by atoms with van der Waals surface area (Å²) in [6.45, 7) is 6.62. The molecule has 0 heterocycles. The van der Waals surface area contributed by atoms with Crippen LogP contribution in [0.5, 0.6) is 0 Å². The summed E-state index contributed by atoms with van der Waals surface area (Å²) in [6, 6.07) is 11.8. The van der Waals surface area contributed by atoms with Crippen LogP contribution in [0.4, 0.5) is 30.2 Å². The van der Waals surface area contributed by atoms with Crippen molar-refractivity contribution >= 4 is 28.9 Å². The number of alkyl halides is 3. The zero-order valence-corrected chi connectivity index (χ0v) is 20.0. The maximum absolute atomic E-state index is 12.8. The number of nitrogen functional groups attached to an aromatic ring is 1. The molecule has 35 heavy (non-hydrogen) atoms. The molecule has 9 heteroatoms. The molecule has 0 atom stereocenters. The number of hydrogen-bond acceptors (Lipinski definition) is 3. The highest BCUT2D eigenvalue weighted by Gasteiger charge is 2.30. The molecule has 2 aromatic carbocycles. The number of halogens is 3. The van der Waals surface area contributed by atoms with E-state index in [1.165, 1.54) is 12.1 Å². The summed E-state index contributed by atoms with van der Waals surface area (Å²) in [5.41, 5.74) is 7.16. The van der Waals surface area contributed by atoms with Gasteiger partial charge in [0, 0.05) is 37.1 Å². The highest BCUT2D eigenvalue weighted by molar-refractivity contribution is 5.90. The first-order chi connectivity index (χ1) is 16.6. The molecule has 1 amide bonds. The molecule has 188 valence electrons. The largest absolute Gasteiger partial charge is 0.416 e. The molecule has 2 rings (SSSR count). The molecule has 0 saturated carbocycles. The third kappa shape index (κ3) is 9.95. The SMILES string of the molecule is C=C(/C=C\CC)NC(=Nc1cccc(N)c1)N(C)CCCCC(=O)Nc1cccc(C(F)(F)F)c1. The molecule has 6 nitrogen and oxygen atoms in total. The minimum absolute atomic E-state index is 0.126. The van der Waals surface area contributed by atoms with Crippen LogP contribution in [0.25, 0.3) is 0 Å². The Labute approximate surface area is 204 Å². The van der Waals surface area contributed by atoms with Gasteiger partial charge in [-0.15, -0.1) is 0 Å². The molecular weight excluding hydrogens is 455 g/mol. The summed E-state index contributed by atoms with van der Waals surface area (Å²) in [5, 5.41) is 5.73. The number of carbonyl (C=O) groups excluding carboxylic acids is 1. The van der Waals surface area contributed by atoms with Crippen molar-refractivity contribution in [3.63, 3.8) is 0 Å². The molecule has 0 saturated heterocycles. The fourth-order valence-corrected chi connectivity index (χ4v) is 3.11. The van der Waals surface area contributed by atoms with Crippen molar-refractivity contribution in [2.45, 2.75) is 38.8 Å². The van der Waals surface area contributed by atoms with Crippen LogP contribution >= 0.6 is 0 Å². The van der Waals surface area contributed by atoms with E-state index in [1.807, 2.05) is 43.2 Å². The van der Waals surface area contributed by atoms with Gasteiger partial charge in [0.15, 0.2) is 0 Å². The van der Waals surface area contributed by atoms with Gasteiger partial charge in [0.2, 0.25) is 11.9 Å². The van der Waals surface area contributed by atoms with E-state index in [-0.39, 0.29) is 18.0 Å². The number of aliphatic imine (C=N–C) groups is 1. The number of nitrogens with two attached hydrogens (primary N) is 1. The lowest BCUT2D eigenvalue weighted by atomic mass is 10.2. The van der Waals surface area contributed by atoms with Crippen LogP contribution in [0, 0.1) is 0 Å². The van der Waals surface area contributed by atoms with Gasteiger partial charge in [-0.2, -0.15) is 13.2 Å². The minimum Gasteiger partial charge on any atom is -0.399 e. The summed E-state index contributed by atoms with van der Waals surface area (Å²) in [5.74, 6) is 0.242. The Balaban J connectivity index is 1.93. The highest BCUT2D eigenvalue weighted by atomic mass is 19.4. The average molecular weight is 488 g/mol. The van der Waals surface area contributed by atoms with Crippen LogP contribution in [0.3, 0.4) is 0 Å². The molecule has 0 aliphatic heterocycles. The number of benzene rings is 2. The zero-order valence-electron chi connectivity index (χ0n) is 20.0. The van der Waals surface area contributed by atoms with Gasteiger partial charge >= 0.3 is 6.18 Å². The summed E-state index contributed by atoms with van der Waals surface area (Å²) < 4.78 is 38.5. The number of amides is 1. The third-order valence-electron chi connectivity index (χ3n) is 4.91. The quantitative estimate of drug-likeness (QED) is 0.125. The van der Waals surface area contributed by atoms with Crippen molar-refractivity contribution in [1.82, 2.24) is 10.2 Å². The molecule has 0 aliphatic carbocycles. The van der Waals surface area contributed by atoms with Crippen LogP contribution < -0.4 is 16.4 Å². The van der Waals surface area contributed by atoms with E-state index in [0.717, 1.165) is 18.6 Å². The number of carbonyl (C=O) groups is 1. The van der Waals surface area contributed by atoms with E-state index in [2.05, 4.69) is 22.2 Å². The molecule has 4 N–H and O–H groups in total. The number of anilines is 2. The van der Waals surface area contributed by atoms with Gasteiger partial charge in [-0.1, -0.05) is 31.7 Å². The van der Waals surface area contributed by atoms with Crippen LogP contribution in [0.15, 0.2) is 78.0 Å². The van der Waals surface area contributed by atoms with E-state index in [4.69, 9.17) is 5.73 Å². The number of allylic oxidation sites excluding steroid dienone is 2. The fraction of sp³-hybridized carbons (Fsp3) is 0.308. The lowest BCUT2D eigenvalue weighted by Gasteiger charge is -2.22. The normalized spacial score (nSPS) is 12.0. The maximum atomic E-state index is 12.8. The predicted molar refractivity (Wildman–Crippen MR) is 136 cm³/mol. The second-order valence-corrected chi connectivity index (χ2v) is 8.00. The van der Waals surface area contributed by atoms with Gasteiger partial charge in [0.05, 0.1) is 11.3 Å². The summed E-state index contributed by atoms with van der Waals surface area (Å²) in [7, 11) is 1.87. The van der Waals surface area contributed by atoms with Crippen molar-refractivity contribution in [2.75, 3.05) is 24.6 Å². The summed E-state index contributed by atoms with van der Waals surface area (Å²) in [6.07, 6.45) is 1.68. The Hall–Kier alpha value is -3.75. The van der Waals surface area contributed by atoms with Crippen molar-refractivity contribution in [1.29, 1.82) is 0 Å². The molecule has 0 spiro atoms. The van der Waals surface area contributed by atoms with Gasteiger partial charge < -0.3 is 21.3 Å². The second kappa shape index (κ2) is 13.2. The first kappa shape index (κ1) is 27.5. The molecule has 2 aromatic rings. The first-order valence-electron chi connectivity index (χ1n) is 11.3. The zero-order chi connectivity index (χ0) is 25.8. The number of hydrogen-bond donors (Lipinski definition) is 3. The fourth-order valence-electron chi connectivity index (χ4n) is 3.11. The van der Waals surface area contributed by atoms with E-state index >= 15 is 0 Å². The van der Waals surface area contributed by atoms with Crippen LogP contribution in [-0.4, -0.2) is 30.4 Å². The second-order valence-electron chi connectivity index (χ2n) is 8.00. The first-order valence-corrected chi connectivity index (χ1v) is 11.3. The Morgan fingerprint density at radius 1 is 1.17 bits per heavy atom. The van der Waals surface area contributed by atoms with Gasteiger partial charge in [0.1, 0.15) is 0 Å². The van der Waals surface area contributed by atoms with Gasteiger partial charge in [-0.3, -0.25) is 4.79 Å². The predicted octanol–water partition coefficient (Wildman–Crippen LogP) is 6.09. The van der Waals surface area contributed by atoms with Crippen LogP contribution in [0.2, 0.25) is 0 Å². The van der Waals surface area contributed by atoms with E-state index in [9.17, 15) is 18.0 Å². The van der Waals surface area contributed by atoms with Crippen LogP contribution in [-0.2, 0) is 11.0 Å². The lowest BCUT2D eigenvalue weighted by molar-refractivity contribution is -0.137. The Bertz CT molecular complexity index is 1060. The minimum atomic E-state index is -4.46. The Kier molecular flexibility index (Phi) is 10.4. The van der Waals surface area contributed by atoms with E-state index in [1.54, 1.807) is 12.1 Å². The molecule has 0 unspecified atom stereocenters. The van der Waals surface area contributed by atoms with Crippen molar-refractivity contribution in [3.05, 3.63) is 78.5 Å². The van der Waals surface area contributed by atoms with Gasteiger partial charge in [0.25, 0.3) is 0 Å². The summed E-state index contributed by atoms with van der Waals surface area (Å²) in [4.78, 5) is 18.8. The smallest absolute Gasteiger partial charge is 0.399 e. The Morgan fingerprint density at radius 3 is 2.60 bits per heavy atom. The molecule has 0 aromatic heterocycles. The number of rotatable bonds is 10. The van der Waals surface area contributed by atoms with Gasteiger partial charge in [-0.25, -0.2) is 4.99 Å². The van der Waals surface area contributed by atoms with Crippen molar-refractivity contribution in [3.8, 4) is 0 Å². The molecule has 0 aliphatic rings. The number of unbranched alkanes of at least 4 members (excludes halogenated alkanes) is 1. The lowest BCUT2D eigenvalue weighted by Crippen LogP contribution is -2.38. The van der Waals surface area contributed by atoms with Crippen LogP contribution in [0.1, 0.15) is 38.2 Å². The molecule has 0 radical (unpaired) electrons. The van der Waals surface area contributed by atoms with E-state index < -0.39 is 11.7 Å². The molecule has 0 bridgehead atoms. The van der Waals surface area contributed by atoms with Crippen molar-refractivity contribution < 1.29 is 18.0 Å². The topological polar surface area (TPSA) is 82.8 Å². The third-order valence-corrected chi connectivity index (χ3v) is 4.91. The summed E-state index contributed by atoms with van der Waals surface area (Å²) >= 11 is 0.